The molecular weight excluding hydrogens is 114 g/mol. The van der Waals surface area contributed by atoms with E-state index in [0.717, 1.165) is 5.71 Å². The van der Waals surface area contributed by atoms with Crippen molar-refractivity contribution in [2.45, 2.75) is 6.92 Å². The predicted octanol–water partition coefficient (Wildman–Crippen LogP) is 0.578. The van der Waals surface area contributed by atoms with Gasteiger partial charge in [-0.3, -0.25) is 9.98 Å². The van der Waals surface area contributed by atoms with Crippen molar-refractivity contribution in [3.63, 3.8) is 0 Å². The lowest BCUT2D eigenvalue weighted by Gasteiger charge is -1.86. The maximum atomic E-state index is 5.24. The molecule has 3 nitrogen and oxygen atoms in total. The zero-order chi connectivity index (χ0) is 7.11. The van der Waals surface area contributed by atoms with Gasteiger partial charge in [0.2, 0.25) is 0 Å². The average Bonchev–Trinajstić information content (AvgIpc) is 1.89. The van der Waals surface area contributed by atoms with Crippen molar-refractivity contribution >= 4 is 12.4 Å². The molecule has 2 N–H and O–H groups in total. The van der Waals surface area contributed by atoms with E-state index in [1.807, 2.05) is 6.92 Å². The van der Waals surface area contributed by atoms with E-state index in [4.69, 9.17) is 5.73 Å². The summed E-state index contributed by atoms with van der Waals surface area (Å²) in [5, 5.41) is 0. The Morgan fingerprint density at radius 2 is 2.33 bits per heavy atom. The summed E-state index contributed by atoms with van der Waals surface area (Å²) >= 11 is 0. The minimum absolute atomic E-state index is 0.488. The molecule has 0 aliphatic rings. The molecule has 9 heavy (non-hydrogen) atoms. The van der Waals surface area contributed by atoms with E-state index in [1.54, 1.807) is 6.20 Å². The van der Waals surface area contributed by atoms with Gasteiger partial charge in [-0.15, -0.1) is 0 Å². The van der Waals surface area contributed by atoms with E-state index < -0.39 is 0 Å². The first-order valence-electron chi connectivity index (χ1n) is 2.65. The van der Waals surface area contributed by atoms with Crippen LogP contribution in [0.15, 0.2) is 22.4 Å². The van der Waals surface area contributed by atoms with Crippen LogP contribution in [0.25, 0.3) is 0 Å². The number of hydrogen-bond donors (Lipinski definition) is 1. The molecule has 0 saturated heterocycles. The highest BCUT2D eigenvalue weighted by Crippen LogP contribution is 1.77. The summed E-state index contributed by atoms with van der Waals surface area (Å²) < 4.78 is 0. The van der Waals surface area contributed by atoms with Crippen LogP contribution in [0.2, 0.25) is 0 Å². The number of aliphatic imine (C=N–C) groups is 2. The first-order chi connectivity index (χ1) is 4.31. The first-order valence-corrected chi connectivity index (χ1v) is 2.65. The minimum Gasteiger partial charge on any atom is -0.325 e. The van der Waals surface area contributed by atoms with Gasteiger partial charge in [-0.25, -0.2) is 0 Å². The molecule has 0 saturated carbocycles. The van der Waals surface area contributed by atoms with Gasteiger partial charge in [0.15, 0.2) is 0 Å². The maximum Gasteiger partial charge on any atom is 0.0450 e. The van der Waals surface area contributed by atoms with Gasteiger partial charge in [-0.1, -0.05) is 0 Å². The van der Waals surface area contributed by atoms with Gasteiger partial charge in [-0.05, 0) is 13.6 Å². The highest BCUT2D eigenvalue weighted by Gasteiger charge is 1.78. The molecule has 50 valence electrons. The Morgan fingerprint density at radius 3 is 2.78 bits per heavy atom. The summed E-state index contributed by atoms with van der Waals surface area (Å²) in [5.74, 6) is 0. The number of nitrogens with two attached hydrogens (primary N) is 1. The van der Waals surface area contributed by atoms with Crippen LogP contribution in [0.5, 0.6) is 0 Å². The summed E-state index contributed by atoms with van der Waals surface area (Å²) in [6.45, 7) is 5.59. The molecule has 0 bridgehead atoms. The van der Waals surface area contributed by atoms with Crippen LogP contribution < -0.4 is 5.73 Å². The molecule has 0 aliphatic heterocycles. The molecule has 0 heterocycles. The van der Waals surface area contributed by atoms with Gasteiger partial charge in [0.05, 0.1) is 0 Å². The third kappa shape index (κ3) is 4.90. The fourth-order valence-corrected chi connectivity index (χ4v) is 0.260. The summed E-state index contributed by atoms with van der Waals surface area (Å²) in [7, 11) is 0. The van der Waals surface area contributed by atoms with E-state index >= 15 is 0 Å². The summed E-state index contributed by atoms with van der Waals surface area (Å²) in [5.41, 5.74) is 6.13. The highest BCUT2D eigenvalue weighted by molar-refractivity contribution is 5.84. The van der Waals surface area contributed by atoms with Gasteiger partial charge < -0.3 is 5.73 Å². The number of hydrogen-bond acceptors (Lipinski definition) is 3. The summed E-state index contributed by atoms with van der Waals surface area (Å²) in [6, 6.07) is 0. The molecule has 0 rings (SSSR count). The van der Waals surface area contributed by atoms with Crippen LogP contribution in [0.4, 0.5) is 0 Å². The van der Waals surface area contributed by atoms with Gasteiger partial charge in [0.1, 0.15) is 0 Å². The fourth-order valence-electron chi connectivity index (χ4n) is 0.260. The molecule has 3 heteroatoms. The second kappa shape index (κ2) is 5.18. The van der Waals surface area contributed by atoms with Crippen LogP contribution in [0.3, 0.4) is 0 Å². The SMILES string of the molecule is C=N/C=C\N=C(/C)CN. The van der Waals surface area contributed by atoms with Gasteiger partial charge in [-0.2, -0.15) is 0 Å². The molecule has 0 spiro atoms. The molecule has 0 fully saturated rings. The Kier molecular flexibility index (Phi) is 4.63. The molecule has 0 atom stereocenters. The molecule has 0 amide bonds. The van der Waals surface area contributed by atoms with E-state index in [2.05, 4.69) is 16.7 Å². The van der Waals surface area contributed by atoms with E-state index in [1.165, 1.54) is 6.20 Å². The van der Waals surface area contributed by atoms with Crippen LogP contribution in [-0.4, -0.2) is 19.0 Å². The van der Waals surface area contributed by atoms with Crippen LogP contribution >= 0.6 is 0 Å². The monoisotopic (exact) mass is 125 g/mol. The normalized spacial score (nSPS) is 12.4. The molecule has 0 aromatic rings. The van der Waals surface area contributed by atoms with Gasteiger partial charge in [0, 0.05) is 24.7 Å². The topological polar surface area (TPSA) is 50.7 Å². The quantitative estimate of drug-likeness (QED) is 0.551. The summed E-state index contributed by atoms with van der Waals surface area (Å²) in [6.07, 6.45) is 3.08. The maximum absolute atomic E-state index is 5.24. The van der Waals surface area contributed by atoms with Crippen molar-refractivity contribution in [2.75, 3.05) is 6.54 Å². The number of nitrogens with zero attached hydrogens (tertiary/aromatic N) is 2. The van der Waals surface area contributed by atoms with E-state index in [-0.39, 0.29) is 0 Å². The minimum atomic E-state index is 0.488. The smallest absolute Gasteiger partial charge is 0.0450 e. The predicted molar refractivity (Wildman–Crippen MR) is 40.9 cm³/mol. The van der Waals surface area contributed by atoms with Crippen molar-refractivity contribution in [3.8, 4) is 0 Å². The lowest BCUT2D eigenvalue weighted by molar-refractivity contribution is 1.27. The number of rotatable bonds is 3. The second-order valence-corrected chi connectivity index (χ2v) is 1.55. The zero-order valence-electron chi connectivity index (χ0n) is 5.54. The Balaban J connectivity index is 3.67. The molecular formula is C6H11N3. The highest BCUT2D eigenvalue weighted by atomic mass is 14.8. The van der Waals surface area contributed by atoms with Crippen LogP contribution in [0.1, 0.15) is 6.92 Å². The average molecular weight is 125 g/mol. The standard InChI is InChI=1S/C6H11N3/c1-6(5-7)9-4-3-8-2/h3-4H,2,5,7H2,1H3/b4-3-,9-6+. The Morgan fingerprint density at radius 1 is 1.67 bits per heavy atom. The van der Waals surface area contributed by atoms with Crippen LogP contribution in [0, 0.1) is 0 Å². The Labute approximate surface area is 55.0 Å². The largest absolute Gasteiger partial charge is 0.325 e. The molecule has 0 unspecified atom stereocenters. The molecule has 0 radical (unpaired) electrons. The van der Waals surface area contributed by atoms with Crippen molar-refractivity contribution in [1.29, 1.82) is 0 Å². The van der Waals surface area contributed by atoms with Gasteiger partial charge >= 0.3 is 0 Å². The molecule has 0 aromatic carbocycles. The zero-order valence-corrected chi connectivity index (χ0v) is 5.54. The Bertz CT molecular complexity index is 135. The second-order valence-electron chi connectivity index (χ2n) is 1.55. The van der Waals surface area contributed by atoms with Crippen molar-refractivity contribution in [1.82, 2.24) is 0 Å². The lowest BCUT2D eigenvalue weighted by Crippen LogP contribution is -2.08. The Hall–Kier alpha value is -0.960. The van der Waals surface area contributed by atoms with Crippen LogP contribution in [-0.2, 0) is 0 Å². The third-order valence-corrected chi connectivity index (χ3v) is 0.762. The molecule has 0 aromatic heterocycles. The summed E-state index contributed by atoms with van der Waals surface area (Å²) in [4.78, 5) is 7.37. The molecule has 0 aliphatic carbocycles. The van der Waals surface area contributed by atoms with Crippen molar-refractivity contribution in [2.24, 2.45) is 15.7 Å². The van der Waals surface area contributed by atoms with E-state index in [9.17, 15) is 0 Å². The first kappa shape index (κ1) is 8.04. The van der Waals surface area contributed by atoms with Crippen molar-refractivity contribution < 1.29 is 0 Å². The lowest BCUT2D eigenvalue weighted by atomic mass is 10.4. The van der Waals surface area contributed by atoms with Gasteiger partial charge in [0.25, 0.3) is 0 Å². The van der Waals surface area contributed by atoms with Crippen molar-refractivity contribution in [3.05, 3.63) is 12.4 Å². The van der Waals surface area contributed by atoms with E-state index in [0.29, 0.717) is 6.54 Å². The fraction of sp³-hybridized carbons (Fsp3) is 0.333. The third-order valence-electron chi connectivity index (χ3n) is 0.762.